The molecule has 4 heteroatoms. The Morgan fingerprint density at radius 3 is 2.90 bits per heavy atom. The molecule has 2 nitrogen and oxygen atoms in total. The summed E-state index contributed by atoms with van der Waals surface area (Å²) in [7, 11) is 0. The predicted molar refractivity (Wildman–Crippen MR) is 82.5 cm³/mol. The van der Waals surface area contributed by atoms with E-state index >= 15 is 0 Å². The van der Waals surface area contributed by atoms with Gasteiger partial charge in [-0.25, -0.2) is 4.39 Å². The van der Waals surface area contributed by atoms with Gasteiger partial charge in [0.25, 0.3) is 0 Å². The van der Waals surface area contributed by atoms with Gasteiger partial charge in [0.15, 0.2) is 0 Å². The number of nitrogens with one attached hydrogen (secondary N) is 1. The SMILES string of the molecule is CCNC(CSc1cccc(F)c1)c1cnccc1C. The van der Waals surface area contributed by atoms with Crippen molar-refractivity contribution in [2.45, 2.75) is 24.8 Å². The minimum absolute atomic E-state index is 0.187. The van der Waals surface area contributed by atoms with Gasteiger partial charge in [-0.1, -0.05) is 13.0 Å². The van der Waals surface area contributed by atoms with Gasteiger partial charge < -0.3 is 5.32 Å². The molecule has 0 fully saturated rings. The van der Waals surface area contributed by atoms with Crippen molar-refractivity contribution in [1.29, 1.82) is 0 Å². The number of hydrogen-bond donors (Lipinski definition) is 1. The molecule has 1 heterocycles. The Kier molecular flexibility index (Phi) is 5.56. The van der Waals surface area contributed by atoms with E-state index in [0.717, 1.165) is 17.2 Å². The first kappa shape index (κ1) is 15.0. The summed E-state index contributed by atoms with van der Waals surface area (Å²) in [4.78, 5) is 5.16. The molecule has 0 aliphatic rings. The van der Waals surface area contributed by atoms with E-state index in [2.05, 4.69) is 24.1 Å². The normalized spacial score (nSPS) is 12.3. The Morgan fingerprint density at radius 2 is 2.20 bits per heavy atom. The molecule has 1 aromatic carbocycles. The molecular weight excluding hydrogens is 271 g/mol. The van der Waals surface area contributed by atoms with E-state index in [1.807, 2.05) is 24.5 Å². The lowest BCUT2D eigenvalue weighted by molar-refractivity contribution is 0.600. The smallest absolute Gasteiger partial charge is 0.124 e. The molecule has 106 valence electrons. The van der Waals surface area contributed by atoms with Crippen LogP contribution in [0.25, 0.3) is 0 Å². The van der Waals surface area contributed by atoms with Crippen molar-refractivity contribution >= 4 is 11.8 Å². The third-order valence-corrected chi connectivity index (χ3v) is 4.21. The Balaban J connectivity index is 2.08. The van der Waals surface area contributed by atoms with Crippen LogP contribution < -0.4 is 5.32 Å². The molecule has 0 aliphatic carbocycles. The van der Waals surface area contributed by atoms with Crippen LogP contribution in [-0.2, 0) is 0 Å². The second kappa shape index (κ2) is 7.41. The largest absolute Gasteiger partial charge is 0.309 e. The van der Waals surface area contributed by atoms with Crippen LogP contribution in [0.5, 0.6) is 0 Å². The minimum Gasteiger partial charge on any atom is -0.309 e. The summed E-state index contributed by atoms with van der Waals surface area (Å²) in [6, 6.07) is 8.97. The highest BCUT2D eigenvalue weighted by Crippen LogP contribution is 2.26. The number of aromatic nitrogens is 1. The number of benzene rings is 1. The highest BCUT2D eigenvalue weighted by molar-refractivity contribution is 7.99. The fourth-order valence-corrected chi connectivity index (χ4v) is 3.11. The molecule has 0 amide bonds. The topological polar surface area (TPSA) is 24.9 Å². The van der Waals surface area contributed by atoms with E-state index < -0.39 is 0 Å². The third kappa shape index (κ3) is 4.05. The fraction of sp³-hybridized carbons (Fsp3) is 0.312. The first-order valence-electron chi connectivity index (χ1n) is 6.73. The van der Waals surface area contributed by atoms with E-state index in [0.29, 0.717) is 0 Å². The molecule has 0 saturated carbocycles. The number of aryl methyl sites for hydroxylation is 1. The Hall–Kier alpha value is -1.39. The number of pyridine rings is 1. The molecule has 1 aromatic heterocycles. The van der Waals surface area contributed by atoms with Gasteiger partial charge in [0.1, 0.15) is 5.82 Å². The average Bonchev–Trinajstić information content (AvgIpc) is 2.44. The van der Waals surface area contributed by atoms with Crippen LogP contribution in [0.2, 0.25) is 0 Å². The molecule has 2 rings (SSSR count). The molecule has 0 spiro atoms. The molecule has 20 heavy (non-hydrogen) atoms. The maximum atomic E-state index is 13.2. The Bertz CT molecular complexity index is 560. The Labute approximate surface area is 123 Å². The molecule has 1 unspecified atom stereocenters. The molecule has 0 aliphatic heterocycles. The van der Waals surface area contributed by atoms with Crippen LogP contribution in [0.1, 0.15) is 24.1 Å². The summed E-state index contributed by atoms with van der Waals surface area (Å²) in [5.41, 5.74) is 2.43. The zero-order chi connectivity index (χ0) is 14.4. The van der Waals surface area contributed by atoms with E-state index in [-0.39, 0.29) is 11.9 Å². The summed E-state index contributed by atoms with van der Waals surface area (Å²) in [6.45, 7) is 5.07. The molecule has 0 radical (unpaired) electrons. The van der Waals surface area contributed by atoms with Gasteiger partial charge in [-0.05, 0) is 48.9 Å². The zero-order valence-corrected chi connectivity index (χ0v) is 12.6. The van der Waals surface area contributed by atoms with Gasteiger partial charge in [-0.3, -0.25) is 4.98 Å². The van der Waals surface area contributed by atoms with Crippen LogP contribution in [0.3, 0.4) is 0 Å². The first-order valence-corrected chi connectivity index (χ1v) is 7.71. The van der Waals surface area contributed by atoms with E-state index in [1.54, 1.807) is 23.9 Å². The van der Waals surface area contributed by atoms with Crippen LogP contribution in [0.4, 0.5) is 4.39 Å². The van der Waals surface area contributed by atoms with Crippen molar-refractivity contribution in [3.8, 4) is 0 Å². The standard InChI is InChI=1S/C16H19FN2S/c1-3-19-16(15-10-18-8-7-12(15)2)11-20-14-6-4-5-13(17)9-14/h4-10,16,19H,3,11H2,1-2H3. The molecule has 1 atom stereocenters. The van der Waals surface area contributed by atoms with Gasteiger partial charge in [-0.2, -0.15) is 0 Å². The van der Waals surface area contributed by atoms with Crippen molar-refractivity contribution in [3.63, 3.8) is 0 Å². The number of halogens is 1. The van der Waals surface area contributed by atoms with Crippen molar-refractivity contribution in [1.82, 2.24) is 10.3 Å². The summed E-state index contributed by atoms with van der Waals surface area (Å²) < 4.78 is 13.2. The van der Waals surface area contributed by atoms with E-state index in [1.165, 1.54) is 17.2 Å². The minimum atomic E-state index is -0.187. The summed E-state index contributed by atoms with van der Waals surface area (Å²) in [5, 5.41) is 3.47. The second-order valence-electron chi connectivity index (χ2n) is 4.61. The van der Waals surface area contributed by atoms with E-state index in [4.69, 9.17) is 0 Å². The van der Waals surface area contributed by atoms with Gasteiger partial charge in [0.05, 0.1) is 0 Å². The van der Waals surface area contributed by atoms with E-state index in [9.17, 15) is 4.39 Å². The van der Waals surface area contributed by atoms with Crippen LogP contribution in [0.15, 0.2) is 47.6 Å². The molecule has 1 N–H and O–H groups in total. The van der Waals surface area contributed by atoms with Crippen molar-refractivity contribution in [2.24, 2.45) is 0 Å². The summed E-state index contributed by atoms with van der Waals surface area (Å²) in [6.07, 6.45) is 3.72. The lowest BCUT2D eigenvalue weighted by Gasteiger charge is -2.19. The molecule has 0 saturated heterocycles. The van der Waals surface area contributed by atoms with Crippen molar-refractivity contribution in [3.05, 3.63) is 59.7 Å². The summed E-state index contributed by atoms with van der Waals surface area (Å²) >= 11 is 1.66. The quantitative estimate of drug-likeness (QED) is 0.815. The highest BCUT2D eigenvalue weighted by atomic mass is 32.2. The monoisotopic (exact) mass is 290 g/mol. The molecule has 2 aromatic rings. The Morgan fingerprint density at radius 1 is 1.35 bits per heavy atom. The predicted octanol–water partition coefficient (Wildman–Crippen LogP) is 3.97. The lowest BCUT2D eigenvalue weighted by Crippen LogP contribution is -2.23. The number of nitrogens with zero attached hydrogens (tertiary/aromatic N) is 1. The van der Waals surface area contributed by atoms with Gasteiger partial charge in [0.2, 0.25) is 0 Å². The maximum absolute atomic E-state index is 13.2. The van der Waals surface area contributed by atoms with Crippen molar-refractivity contribution in [2.75, 3.05) is 12.3 Å². The van der Waals surface area contributed by atoms with Crippen LogP contribution in [-0.4, -0.2) is 17.3 Å². The van der Waals surface area contributed by atoms with Gasteiger partial charge >= 0.3 is 0 Å². The first-order chi connectivity index (χ1) is 9.70. The zero-order valence-electron chi connectivity index (χ0n) is 11.8. The summed E-state index contributed by atoms with van der Waals surface area (Å²) in [5.74, 6) is 0.664. The highest BCUT2D eigenvalue weighted by Gasteiger charge is 2.13. The lowest BCUT2D eigenvalue weighted by atomic mass is 10.1. The molecular formula is C16H19FN2S. The maximum Gasteiger partial charge on any atom is 0.124 e. The number of hydrogen-bond acceptors (Lipinski definition) is 3. The fourth-order valence-electron chi connectivity index (χ4n) is 2.08. The van der Waals surface area contributed by atoms with Gasteiger partial charge in [0, 0.05) is 29.1 Å². The van der Waals surface area contributed by atoms with Gasteiger partial charge in [-0.15, -0.1) is 11.8 Å². The van der Waals surface area contributed by atoms with Crippen molar-refractivity contribution < 1.29 is 4.39 Å². The molecule has 0 bridgehead atoms. The number of thioether (sulfide) groups is 1. The second-order valence-corrected chi connectivity index (χ2v) is 5.70. The third-order valence-electron chi connectivity index (χ3n) is 3.12. The van der Waals surface area contributed by atoms with Crippen LogP contribution in [0, 0.1) is 12.7 Å². The number of rotatable bonds is 6. The average molecular weight is 290 g/mol. The van der Waals surface area contributed by atoms with Crippen LogP contribution >= 0.6 is 11.8 Å².